The molecule has 5 heteroatoms. The number of hydrogen-bond donors (Lipinski definition) is 0. The lowest BCUT2D eigenvalue weighted by Gasteiger charge is -2.53. The van der Waals surface area contributed by atoms with E-state index in [0.29, 0.717) is 0 Å². The number of fused-ring (bicyclic) bond motifs is 12. The lowest BCUT2D eigenvalue weighted by atomic mass is 9.33. The molecule has 0 bridgehead atoms. The number of aryl methyl sites for hydroxylation is 1. The van der Waals surface area contributed by atoms with E-state index in [9.17, 15) is 0 Å². The zero-order valence-corrected chi connectivity index (χ0v) is 44.6. The average Bonchev–Trinajstić information content (AvgIpc) is 3.83. The minimum Gasteiger partial charge on any atom is -0.456 e. The molecule has 0 saturated heterocycles. The molecule has 1 fully saturated rings. The van der Waals surface area contributed by atoms with Gasteiger partial charge in [-0.25, -0.2) is 0 Å². The Kier molecular flexibility index (Phi) is 8.97. The highest BCUT2D eigenvalue weighted by Crippen LogP contribution is 2.62. The van der Waals surface area contributed by atoms with Crippen molar-refractivity contribution in [2.24, 2.45) is 0 Å². The molecule has 1 saturated carbocycles. The highest BCUT2D eigenvalue weighted by molar-refractivity contribution is 7.00. The van der Waals surface area contributed by atoms with E-state index in [4.69, 9.17) is 4.42 Å². The molecule has 6 aliphatic rings. The second-order valence-corrected chi connectivity index (χ2v) is 26.2. The molecule has 362 valence electrons. The van der Waals surface area contributed by atoms with Crippen LogP contribution in [0.25, 0.3) is 21.9 Å². The number of rotatable bonds is 4. The summed E-state index contributed by atoms with van der Waals surface area (Å²) in [5.74, 6) is 0. The quantitative estimate of drug-likeness (QED) is 0.164. The standard InChI is InChI=1S/C67H70BN3O/c1-41-35-56-60-57(36-41)71-61-50(66(10)29-14-15-30-67(66,71)11)18-16-19-54(61)68(60)53-27-23-45(40-55(53)70(56)42-24-28-59-47(37-42)46-17-12-13-20-58(46)72-59)69(43-21-25-48-51(38-43)64(6,7)33-31-62(48,2)3)44-22-26-49-52(39-44)65(8,9)34-32-63(49,4)5/h12-13,16-28,35-40H,14-15,29-34H2,1-11H3. The summed E-state index contributed by atoms with van der Waals surface area (Å²) in [5.41, 5.74) is 25.3. The zero-order chi connectivity index (χ0) is 49.6. The Morgan fingerprint density at radius 2 is 1.07 bits per heavy atom. The maximum Gasteiger partial charge on any atom is 0.252 e. The molecule has 0 radical (unpaired) electrons. The topological polar surface area (TPSA) is 22.9 Å². The van der Waals surface area contributed by atoms with Crippen LogP contribution in [0, 0.1) is 6.92 Å². The van der Waals surface area contributed by atoms with Gasteiger partial charge in [0, 0.05) is 61.7 Å². The summed E-state index contributed by atoms with van der Waals surface area (Å²) >= 11 is 0. The Balaban J connectivity index is 1.05. The van der Waals surface area contributed by atoms with Crippen LogP contribution in [0.15, 0.2) is 132 Å². The van der Waals surface area contributed by atoms with E-state index in [2.05, 4.69) is 218 Å². The van der Waals surface area contributed by atoms with Crippen LogP contribution in [0.1, 0.15) is 154 Å². The number of hydrogen-bond acceptors (Lipinski definition) is 4. The van der Waals surface area contributed by atoms with Crippen LogP contribution in [-0.4, -0.2) is 12.3 Å². The van der Waals surface area contributed by atoms with Crippen LogP contribution >= 0.6 is 0 Å². The van der Waals surface area contributed by atoms with E-state index in [1.54, 1.807) is 0 Å². The van der Waals surface area contributed by atoms with Crippen molar-refractivity contribution in [3.05, 3.63) is 161 Å². The van der Waals surface area contributed by atoms with Gasteiger partial charge in [0.2, 0.25) is 0 Å². The third-order valence-electron chi connectivity index (χ3n) is 20.2. The molecular formula is C67H70BN3O. The first-order valence-electron chi connectivity index (χ1n) is 27.3. The highest BCUT2D eigenvalue weighted by Gasteiger charge is 2.61. The van der Waals surface area contributed by atoms with Crippen molar-refractivity contribution in [3.63, 3.8) is 0 Å². The van der Waals surface area contributed by atoms with E-state index in [0.717, 1.165) is 27.6 Å². The molecule has 4 heterocycles. The molecular weight excluding hydrogens is 874 g/mol. The van der Waals surface area contributed by atoms with Gasteiger partial charge in [-0.05, 0) is 197 Å². The van der Waals surface area contributed by atoms with Crippen LogP contribution in [0.3, 0.4) is 0 Å². The van der Waals surface area contributed by atoms with Gasteiger partial charge >= 0.3 is 0 Å². The third-order valence-corrected chi connectivity index (χ3v) is 20.2. The Morgan fingerprint density at radius 3 is 1.76 bits per heavy atom. The summed E-state index contributed by atoms with van der Waals surface area (Å²) in [6.07, 6.45) is 9.66. The number of nitrogens with zero attached hydrogens (tertiary/aromatic N) is 3. The van der Waals surface area contributed by atoms with Crippen molar-refractivity contribution >= 4 is 90.5 Å². The molecule has 0 spiro atoms. The molecule has 7 aromatic carbocycles. The van der Waals surface area contributed by atoms with Gasteiger partial charge in [0.05, 0.1) is 5.54 Å². The normalized spacial score (nSPS) is 23.2. The monoisotopic (exact) mass is 944 g/mol. The predicted octanol–water partition coefficient (Wildman–Crippen LogP) is 16.4. The van der Waals surface area contributed by atoms with E-state index in [1.165, 1.54) is 141 Å². The average molecular weight is 944 g/mol. The molecule has 3 aliphatic heterocycles. The first-order chi connectivity index (χ1) is 34.3. The minimum absolute atomic E-state index is 0.0301. The number of benzene rings is 7. The number of anilines is 8. The van der Waals surface area contributed by atoms with Gasteiger partial charge in [-0.15, -0.1) is 0 Å². The summed E-state index contributed by atoms with van der Waals surface area (Å²) < 4.78 is 6.51. The Hall–Kier alpha value is -6.20. The van der Waals surface area contributed by atoms with Gasteiger partial charge in [-0.1, -0.05) is 130 Å². The molecule has 4 nitrogen and oxygen atoms in total. The zero-order valence-electron chi connectivity index (χ0n) is 44.6. The second-order valence-electron chi connectivity index (χ2n) is 26.2. The molecule has 3 aliphatic carbocycles. The van der Waals surface area contributed by atoms with Gasteiger partial charge in [-0.3, -0.25) is 0 Å². The molecule has 1 aromatic heterocycles. The lowest BCUT2D eigenvalue weighted by molar-refractivity contribution is 0.195. The van der Waals surface area contributed by atoms with E-state index >= 15 is 0 Å². The van der Waals surface area contributed by atoms with Gasteiger partial charge in [0.25, 0.3) is 6.71 Å². The Morgan fingerprint density at radius 1 is 0.472 bits per heavy atom. The fourth-order valence-electron chi connectivity index (χ4n) is 15.6. The molecule has 72 heavy (non-hydrogen) atoms. The summed E-state index contributed by atoms with van der Waals surface area (Å²) in [5, 5.41) is 2.29. The summed E-state index contributed by atoms with van der Waals surface area (Å²) in [7, 11) is 0. The number of para-hydroxylation sites is 2. The smallest absolute Gasteiger partial charge is 0.252 e. The second kappa shape index (κ2) is 14.5. The van der Waals surface area contributed by atoms with Crippen molar-refractivity contribution in [2.45, 2.75) is 160 Å². The van der Waals surface area contributed by atoms with Crippen molar-refractivity contribution in [1.29, 1.82) is 0 Å². The van der Waals surface area contributed by atoms with Crippen molar-refractivity contribution in [2.75, 3.05) is 14.7 Å². The first kappa shape index (κ1) is 44.5. The van der Waals surface area contributed by atoms with Gasteiger partial charge in [0.15, 0.2) is 0 Å². The largest absolute Gasteiger partial charge is 0.456 e. The molecule has 2 atom stereocenters. The van der Waals surface area contributed by atoms with E-state index in [-0.39, 0.29) is 39.3 Å². The van der Waals surface area contributed by atoms with Crippen LogP contribution in [-0.2, 0) is 27.1 Å². The van der Waals surface area contributed by atoms with Crippen LogP contribution in [0.5, 0.6) is 0 Å². The van der Waals surface area contributed by atoms with Crippen LogP contribution in [0.4, 0.5) is 45.5 Å². The minimum atomic E-state index is -0.0301. The first-order valence-corrected chi connectivity index (χ1v) is 27.3. The van der Waals surface area contributed by atoms with Crippen molar-refractivity contribution in [1.82, 2.24) is 0 Å². The molecule has 0 amide bonds. The summed E-state index contributed by atoms with van der Waals surface area (Å²) in [6.45, 7) is 27.2. The highest BCUT2D eigenvalue weighted by atomic mass is 16.3. The molecule has 8 aromatic rings. The van der Waals surface area contributed by atoms with Crippen LogP contribution < -0.4 is 31.1 Å². The summed E-state index contributed by atoms with van der Waals surface area (Å²) in [4.78, 5) is 8.08. The molecule has 2 unspecified atom stereocenters. The van der Waals surface area contributed by atoms with Crippen molar-refractivity contribution < 1.29 is 4.42 Å². The van der Waals surface area contributed by atoms with E-state index < -0.39 is 0 Å². The maximum atomic E-state index is 6.51. The SMILES string of the molecule is Cc1cc2c3c(c1)N1c4c(cccc4C4(C)CCCCC14C)B3c1ccc(N(c3ccc4c(c3)C(C)(C)CCC4(C)C)c3ccc4c(c3)C(C)(C)CCC4(C)C)cc1N2c1ccc2oc3ccccc3c2c1. The van der Waals surface area contributed by atoms with Gasteiger partial charge in [0.1, 0.15) is 11.2 Å². The van der Waals surface area contributed by atoms with E-state index in [1.807, 2.05) is 0 Å². The Bertz CT molecular complexity index is 3570. The molecule has 14 rings (SSSR count). The fraction of sp³-hybridized carbons (Fsp3) is 0.373. The summed E-state index contributed by atoms with van der Waals surface area (Å²) in [6, 6.07) is 50.3. The van der Waals surface area contributed by atoms with Crippen LogP contribution in [0.2, 0.25) is 0 Å². The predicted molar refractivity (Wildman–Crippen MR) is 306 cm³/mol. The fourth-order valence-corrected chi connectivity index (χ4v) is 15.6. The maximum absolute atomic E-state index is 6.51. The van der Waals surface area contributed by atoms with Crippen molar-refractivity contribution in [3.8, 4) is 0 Å². The van der Waals surface area contributed by atoms with Gasteiger partial charge in [-0.2, -0.15) is 0 Å². The molecule has 0 N–H and O–H groups in total. The number of furan rings is 1. The Labute approximate surface area is 428 Å². The lowest BCUT2D eigenvalue weighted by Crippen LogP contribution is -2.64. The third kappa shape index (κ3) is 5.88. The van der Waals surface area contributed by atoms with Gasteiger partial charge < -0.3 is 19.1 Å².